The molecule has 3 heteroatoms. The van der Waals surface area contributed by atoms with Crippen molar-refractivity contribution < 1.29 is 0 Å². The fourth-order valence-electron chi connectivity index (χ4n) is 4.59. The van der Waals surface area contributed by atoms with E-state index in [0.29, 0.717) is 4.75 Å². The van der Waals surface area contributed by atoms with Crippen LogP contribution in [0.4, 0.5) is 0 Å². The molecule has 3 saturated heterocycles. The first kappa shape index (κ1) is 13.1. The van der Waals surface area contributed by atoms with Crippen LogP contribution >= 0.6 is 11.8 Å². The number of nitrogens with zero attached hydrogens (tertiary/aromatic N) is 2. The van der Waals surface area contributed by atoms with E-state index in [-0.39, 0.29) is 0 Å². The Morgan fingerprint density at radius 2 is 1.91 bits per heavy atom. The van der Waals surface area contributed by atoms with Crippen LogP contribution in [-0.2, 0) is 6.42 Å². The molecule has 1 unspecified atom stereocenters. The van der Waals surface area contributed by atoms with Gasteiger partial charge in [-0.05, 0) is 61.0 Å². The van der Waals surface area contributed by atoms with Crippen LogP contribution in [0.3, 0.4) is 0 Å². The Hall–Kier alpha value is -1.32. The Bertz CT molecular complexity index is 707. The van der Waals surface area contributed by atoms with Crippen molar-refractivity contribution in [3.8, 4) is 11.1 Å². The predicted octanol–water partition coefficient (Wildman–Crippen LogP) is 3.86. The Morgan fingerprint density at radius 3 is 2.64 bits per heavy atom. The van der Waals surface area contributed by atoms with Gasteiger partial charge >= 0.3 is 0 Å². The number of hydrogen-bond acceptors (Lipinski definition) is 3. The van der Waals surface area contributed by atoms with E-state index >= 15 is 0 Å². The first-order valence-corrected chi connectivity index (χ1v) is 9.10. The molecule has 2 bridgehead atoms. The molecule has 1 spiro atoms. The third kappa shape index (κ3) is 1.88. The summed E-state index contributed by atoms with van der Waals surface area (Å²) in [4.78, 5) is 7.39. The molecule has 3 fully saturated rings. The number of rotatable bonds is 1. The van der Waals surface area contributed by atoms with Crippen LogP contribution in [0.15, 0.2) is 47.6 Å². The average Bonchev–Trinajstić information content (AvgIpc) is 2.94. The number of fused-ring (bicyclic) bond motifs is 3. The lowest BCUT2D eigenvalue weighted by Gasteiger charge is -2.51. The summed E-state index contributed by atoms with van der Waals surface area (Å²) in [6.45, 7) is 3.87. The molecule has 22 heavy (non-hydrogen) atoms. The maximum absolute atomic E-state index is 4.72. The maximum atomic E-state index is 4.72. The van der Waals surface area contributed by atoms with E-state index in [2.05, 4.69) is 53.1 Å². The minimum atomic E-state index is 0.400. The normalized spacial score (nSPS) is 32.4. The molecule has 0 amide bonds. The summed E-state index contributed by atoms with van der Waals surface area (Å²) in [6, 6.07) is 13.0. The minimum Gasteiger partial charge on any atom is -0.302 e. The SMILES string of the molecule is c1ccc(-c2ccnc3c2CC2(CN4CCC2CC4)S3)cc1. The zero-order chi connectivity index (χ0) is 14.6. The van der Waals surface area contributed by atoms with Crippen LogP contribution in [0.1, 0.15) is 18.4 Å². The first-order valence-electron chi connectivity index (χ1n) is 8.29. The molecule has 4 aliphatic rings. The van der Waals surface area contributed by atoms with Crippen molar-refractivity contribution in [2.45, 2.75) is 29.0 Å². The summed E-state index contributed by atoms with van der Waals surface area (Å²) in [6.07, 6.45) is 5.95. The lowest BCUT2D eigenvalue weighted by atomic mass is 9.75. The van der Waals surface area contributed by atoms with Crippen molar-refractivity contribution in [2.24, 2.45) is 5.92 Å². The van der Waals surface area contributed by atoms with E-state index in [9.17, 15) is 0 Å². The van der Waals surface area contributed by atoms with Gasteiger partial charge in [-0.2, -0.15) is 0 Å². The third-order valence-electron chi connectivity index (χ3n) is 5.70. The molecule has 2 nitrogen and oxygen atoms in total. The standard InChI is InChI=1S/C19H20N2S/c1-2-4-14(5-3-1)16-6-9-20-18-17(16)12-19(22-18)13-21-10-7-15(19)8-11-21/h1-6,9,15H,7-8,10-13H2. The largest absolute Gasteiger partial charge is 0.302 e. The maximum Gasteiger partial charge on any atom is 0.100 e. The Balaban J connectivity index is 1.57. The van der Waals surface area contributed by atoms with Crippen molar-refractivity contribution in [1.29, 1.82) is 0 Å². The number of aromatic nitrogens is 1. The second kappa shape index (κ2) is 4.84. The van der Waals surface area contributed by atoms with E-state index in [1.165, 1.54) is 60.6 Å². The molecule has 2 aromatic rings. The third-order valence-corrected chi connectivity index (χ3v) is 7.26. The number of thioether (sulfide) groups is 1. The molecular weight excluding hydrogens is 288 g/mol. The van der Waals surface area contributed by atoms with Crippen LogP contribution < -0.4 is 0 Å². The molecule has 0 N–H and O–H groups in total. The summed E-state index contributed by atoms with van der Waals surface area (Å²) in [7, 11) is 0. The second-order valence-corrected chi connectivity index (χ2v) is 8.31. The molecule has 0 radical (unpaired) electrons. The highest BCUT2D eigenvalue weighted by Gasteiger charge is 2.51. The smallest absolute Gasteiger partial charge is 0.100 e. The lowest BCUT2D eigenvalue weighted by Crippen LogP contribution is -2.57. The zero-order valence-corrected chi connectivity index (χ0v) is 13.5. The summed E-state index contributed by atoms with van der Waals surface area (Å²) in [5.74, 6) is 0.875. The van der Waals surface area contributed by atoms with Gasteiger partial charge in [-0.25, -0.2) is 4.98 Å². The van der Waals surface area contributed by atoms with Crippen molar-refractivity contribution in [3.05, 3.63) is 48.2 Å². The number of pyridine rings is 1. The topological polar surface area (TPSA) is 16.1 Å². The average molecular weight is 308 g/mol. The minimum absolute atomic E-state index is 0.400. The van der Waals surface area contributed by atoms with Crippen molar-refractivity contribution in [3.63, 3.8) is 0 Å². The number of benzene rings is 1. The second-order valence-electron chi connectivity index (χ2n) is 6.90. The first-order chi connectivity index (χ1) is 10.8. The van der Waals surface area contributed by atoms with Gasteiger partial charge in [0.2, 0.25) is 0 Å². The van der Waals surface area contributed by atoms with Crippen molar-refractivity contribution >= 4 is 11.8 Å². The van der Waals surface area contributed by atoms with Crippen LogP contribution in [-0.4, -0.2) is 34.3 Å². The highest BCUT2D eigenvalue weighted by atomic mass is 32.2. The molecule has 0 saturated carbocycles. The van der Waals surface area contributed by atoms with Crippen LogP contribution in [0.2, 0.25) is 0 Å². The molecule has 112 valence electrons. The van der Waals surface area contributed by atoms with Gasteiger partial charge in [0, 0.05) is 17.5 Å². The van der Waals surface area contributed by atoms with Gasteiger partial charge in [0.15, 0.2) is 0 Å². The van der Waals surface area contributed by atoms with E-state index in [1.54, 1.807) is 0 Å². The van der Waals surface area contributed by atoms with Gasteiger partial charge in [0.1, 0.15) is 5.03 Å². The van der Waals surface area contributed by atoms with Crippen LogP contribution in [0.5, 0.6) is 0 Å². The molecule has 1 atom stereocenters. The molecule has 5 heterocycles. The molecule has 1 aromatic heterocycles. The van der Waals surface area contributed by atoms with E-state index in [4.69, 9.17) is 4.98 Å². The Kier molecular flexibility index (Phi) is 2.89. The van der Waals surface area contributed by atoms with Crippen molar-refractivity contribution in [2.75, 3.05) is 19.6 Å². The zero-order valence-electron chi connectivity index (χ0n) is 12.7. The predicted molar refractivity (Wildman–Crippen MR) is 91.1 cm³/mol. The van der Waals surface area contributed by atoms with Gasteiger partial charge in [-0.1, -0.05) is 42.1 Å². The molecule has 6 rings (SSSR count). The fourth-order valence-corrected chi connectivity index (χ4v) is 6.26. The van der Waals surface area contributed by atoms with E-state index in [1.807, 2.05) is 6.20 Å². The highest BCUT2D eigenvalue weighted by molar-refractivity contribution is 8.01. The van der Waals surface area contributed by atoms with Gasteiger partial charge in [-0.3, -0.25) is 0 Å². The lowest BCUT2D eigenvalue weighted by molar-refractivity contribution is 0.0731. The van der Waals surface area contributed by atoms with Gasteiger partial charge < -0.3 is 4.90 Å². The molecule has 0 aliphatic carbocycles. The van der Waals surface area contributed by atoms with Crippen LogP contribution in [0.25, 0.3) is 11.1 Å². The Labute approximate surface area is 135 Å². The summed E-state index contributed by atoms with van der Waals surface area (Å²) in [5.41, 5.74) is 4.22. The van der Waals surface area contributed by atoms with E-state index in [0.717, 1.165) is 5.92 Å². The molecule has 1 aromatic carbocycles. The quantitative estimate of drug-likeness (QED) is 0.796. The van der Waals surface area contributed by atoms with Crippen molar-refractivity contribution in [1.82, 2.24) is 9.88 Å². The summed E-state index contributed by atoms with van der Waals surface area (Å²) < 4.78 is 0.400. The fraction of sp³-hybridized carbons (Fsp3) is 0.421. The monoisotopic (exact) mass is 308 g/mol. The number of hydrogen-bond donors (Lipinski definition) is 0. The molecular formula is C19H20N2S. The Morgan fingerprint density at radius 1 is 1.09 bits per heavy atom. The van der Waals surface area contributed by atoms with Gasteiger partial charge in [0.05, 0.1) is 0 Å². The molecule has 4 aliphatic heterocycles. The highest BCUT2D eigenvalue weighted by Crippen LogP contribution is 2.55. The van der Waals surface area contributed by atoms with Gasteiger partial charge in [-0.15, -0.1) is 0 Å². The summed E-state index contributed by atoms with van der Waals surface area (Å²) in [5, 5.41) is 1.29. The number of piperidine rings is 3. The van der Waals surface area contributed by atoms with E-state index < -0.39 is 0 Å². The van der Waals surface area contributed by atoms with Crippen LogP contribution in [0, 0.1) is 5.92 Å². The summed E-state index contributed by atoms with van der Waals surface area (Å²) >= 11 is 2.08. The van der Waals surface area contributed by atoms with Gasteiger partial charge in [0.25, 0.3) is 0 Å².